The number of nitrogens with zero attached hydrogens (tertiary/aromatic N) is 2. The Morgan fingerprint density at radius 3 is 2.71 bits per heavy atom. The molecule has 1 aliphatic rings. The van der Waals surface area contributed by atoms with Gasteiger partial charge in [-0.05, 0) is 24.6 Å². The van der Waals surface area contributed by atoms with Crippen molar-refractivity contribution in [3.63, 3.8) is 0 Å². The number of carbonyl (C=O) groups excluding carboxylic acids is 1. The van der Waals surface area contributed by atoms with E-state index in [1.54, 1.807) is 13.0 Å². The van der Waals surface area contributed by atoms with Crippen LogP contribution in [0.4, 0.5) is 17.5 Å². The lowest BCUT2D eigenvalue weighted by Crippen LogP contribution is -2.15. The van der Waals surface area contributed by atoms with Gasteiger partial charge >= 0.3 is 5.97 Å². The third-order valence-electron chi connectivity index (χ3n) is 4.33. The van der Waals surface area contributed by atoms with Crippen LogP contribution in [0.2, 0.25) is 0 Å². The summed E-state index contributed by atoms with van der Waals surface area (Å²) in [5.74, 6) is 1.26. The molecule has 0 atom stereocenters. The molecule has 0 saturated carbocycles. The number of benzene rings is 2. The molecular formula is C22H22N4O5. The van der Waals surface area contributed by atoms with E-state index < -0.39 is 5.97 Å². The van der Waals surface area contributed by atoms with E-state index in [-0.39, 0.29) is 30.5 Å². The summed E-state index contributed by atoms with van der Waals surface area (Å²) in [7, 11) is 0. The van der Waals surface area contributed by atoms with Gasteiger partial charge in [0.25, 0.3) is 0 Å². The van der Waals surface area contributed by atoms with E-state index in [4.69, 9.17) is 19.0 Å². The van der Waals surface area contributed by atoms with Crippen molar-refractivity contribution in [3.05, 3.63) is 65.9 Å². The monoisotopic (exact) mass is 422 g/mol. The molecule has 2 aromatic carbocycles. The summed E-state index contributed by atoms with van der Waals surface area (Å²) in [6, 6.07) is 15.1. The van der Waals surface area contributed by atoms with Crippen LogP contribution in [0.3, 0.4) is 0 Å². The Balaban J connectivity index is 1.51. The van der Waals surface area contributed by atoms with Crippen LogP contribution in [-0.2, 0) is 16.2 Å². The lowest BCUT2D eigenvalue weighted by molar-refractivity contribution is 0.0524. The molecule has 2 heterocycles. The highest BCUT2D eigenvalue weighted by atomic mass is 16.6. The minimum Gasteiger partial charge on any atom is -0.486 e. The van der Waals surface area contributed by atoms with Crippen molar-refractivity contribution in [3.8, 4) is 11.5 Å². The third-order valence-corrected chi connectivity index (χ3v) is 4.33. The average Bonchev–Trinajstić information content (AvgIpc) is 2.80. The van der Waals surface area contributed by atoms with Crippen LogP contribution in [0.5, 0.6) is 11.5 Å². The maximum Gasteiger partial charge on any atom is 0.343 e. The topological polar surface area (TPSA) is 104 Å². The summed E-state index contributed by atoms with van der Waals surface area (Å²) in [5, 5.41) is 3.10. The van der Waals surface area contributed by atoms with Crippen LogP contribution in [-0.4, -0.2) is 35.8 Å². The Kier molecular flexibility index (Phi) is 6.44. The minimum atomic E-state index is -0.542. The molecule has 9 nitrogen and oxygen atoms in total. The second kappa shape index (κ2) is 9.77. The number of carbonyl (C=O) groups is 1. The summed E-state index contributed by atoms with van der Waals surface area (Å²) in [6.45, 7) is 3.28. The van der Waals surface area contributed by atoms with Crippen LogP contribution < -0.4 is 20.3 Å². The van der Waals surface area contributed by atoms with Gasteiger partial charge in [-0.15, -0.1) is 0 Å². The predicted molar refractivity (Wildman–Crippen MR) is 114 cm³/mol. The largest absolute Gasteiger partial charge is 0.486 e. The van der Waals surface area contributed by atoms with Crippen molar-refractivity contribution >= 4 is 23.4 Å². The highest BCUT2D eigenvalue weighted by molar-refractivity contribution is 5.94. The fraction of sp³-hybridized carbons (Fsp3) is 0.227. The maximum absolute atomic E-state index is 12.3. The zero-order chi connectivity index (χ0) is 21.5. The summed E-state index contributed by atoms with van der Waals surface area (Å²) in [4.78, 5) is 26.4. The Bertz CT molecular complexity index is 1050. The Hall–Kier alpha value is -3.85. The molecule has 2 N–H and O–H groups in total. The molecule has 31 heavy (non-hydrogen) atoms. The molecule has 160 valence electrons. The van der Waals surface area contributed by atoms with Gasteiger partial charge in [0, 0.05) is 18.0 Å². The molecule has 0 fully saturated rings. The van der Waals surface area contributed by atoms with Crippen molar-refractivity contribution in [2.75, 3.05) is 30.6 Å². The van der Waals surface area contributed by atoms with E-state index in [2.05, 4.69) is 20.8 Å². The molecule has 1 aromatic heterocycles. The van der Waals surface area contributed by atoms with Crippen LogP contribution >= 0.6 is 0 Å². The van der Waals surface area contributed by atoms with Crippen LogP contribution in [0, 0.1) is 0 Å². The number of ether oxygens (including phenoxy) is 3. The number of rotatable bonds is 8. The fourth-order valence-corrected chi connectivity index (χ4v) is 2.89. The van der Waals surface area contributed by atoms with Crippen molar-refractivity contribution in [1.82, 2.24) is 9.97 Å². The highest BCUT2D eigenvalue weighted by Gasteiger charge is 2.17. The van der Waals surface area contributed by atoms with Gasteiger partial charge in [-0.3, -0.25) is 4.84 Å². The first-order valence-electron chi connectivity index (χ1n) is 9.85. The Morgan fingerprint density at radius 2 is 1.90 bits per heavy atom. The zero-order valence-corrected chi connectivity index (χ0v) is 17.0. The first-order chi connectivity index (χ1) is 15.2. The summed E-state index contributed by atoms with van der Waals surface area (Å²) in [6.07, 6.45) is 1.39. The van der Waals surface area contributed by atoms with Crippen LogP contribution in [0.25, 0.3) is 0 Å². The smallest absolute Gasteiger partial charge is 0.343 e. The van der Waals surface area contributed by atoms with Gasteiger partial charge in [0.1, 0.15) is 18.8 Å². The number of hydrogen-bond donors (Lipinski definition) is 2. The Morgan fingerprint density at radius 1 is 1.10 bits per heavy atom. The molecule has 0 saturated heterocycles. The number of fused-ring (bicyclic) bond motifs is 1. The zero-order valence-electron chi connectivity index (χ0n) is 17.0. The fourth-order valence-electron chi connectivity index (χ4n) is 2.89. The first-order valence-corrected chi connectivity index (χ1v) is 9.85. The third kappa shape index (κ3) is 5.20. The maximum atomic E-state index is 12.3. The van der Waals surface area contributed by atoms with Crippen molar-refractivity contribution in [1.29, 1.82) is 0 Å². The van der Waals surface area contributed by atoms with Gasteiger partial charge in [0.05, 0.1) is 13.2 Å². The van der Waals surface area contributed by atoms with Gasteiger partial charge in [-0.25, -0.2) is 15.3 Å². The molecule has 0 spiro atoms. The van der Waals surface area contributed by atoms with Gasteiger partial charge in [-0.2, -0.15) is 4.98 Å². The molecule has 4 rings (SSSR count). The van der Waals surface area contributed by atoms with E-state index >= 15 is 0 Å². The van der Waals surface area contributed by atoms with Crippen molar-refractivity contribution < 1.29 is 23.8 Å². The number of anilines is 3. The summed E-state index contributed by atoms with van der Waals surface area (Å²) < 4.78 is 16.2. The number of hydrogen-bond acceptors (Lipinski definition) is 9. The van der Waals surface area contributed by atoms with E-state index in [0.717, 1.165) is 5.56 Å². The van der Waals surface area contributed by atoms with Gasteiger partial charge in [0.15, 0.2) is 17.3 Å². The number of esters is 1. The van der Waals surface area contributed by atoms with E-state index in [0.29, 0.717) is 30.4 Å². The van der Waals surface area contributed by atoms with E-state index in [9.17, 15) is 4.79 Å². The minimum absolute atomic E-state index is 0.169. The standard InChI is InChI=1S/C22H22N4O5/c1-2-28-21(27)17-13-23-22(24-16-8-9-18-19(12-16)30-11-10-29-18)25-20(17)26-31-14-15-6-4-3-5-7-15/h3-9,12-13H,2,10-11,14H2,1H3,(H2,23,24,25,26). The molecule has 0 aliphatic carbocycles. The van der Waals surface area contributed by atoms with Gasteiger partial charge in [0.2, 0.25) is 5.95 Å². The number of aromatic nitrogens is 2. The number of nitrogens with one attached hydrogen (secondary N) is 2. The average molecular weight is 422 g/mol. The molecule has 0 amide bonds. The lowest BCUT2D eigenvalue weighted by atomic mass is 10.2. The highest BCUT2D eigenvalue weighted by Crippen LogP contribution is 2.33. The molecule has 3 aromatic rings. The normalized spacial score (nSPS) is 12.2. The molecular weight excluding hydrogens is 400 g/mol. The van der Waals surface area contributed by atoms with E-state index in [1.165, 1.54) is 6.20 Å². The molecule has 9 heteroatoms. The summed E-state index contributed by atoms with van der Waals surface area (Å²) in [5.41, 5.74) is 4.59. The van der Waals surface area contributed by atoms with Crippen LogP contribution in [0.15, 0.2) is 54.7 Å². The quantitative estimate of drug-likeness (QED) is 0.415. The van der Waals surface area contributed by atoms with E-state index in [1.807, 2.05) is 42.5 Å². The first kappa shape index (κ1) is 20.4. The molecule has 1 aliphatic heterocycles. The van der Waals surface area contributed by atoms with Gasteiger partial charge in [-0.1, -0.05) is 30.3 Å². The molecule has 0 bridgehead atoms. The second-order valence-electron chi connectivity index (χ2n) is 6.54. The Labute approximate surface area is 179 Å². The van der Waals surface area contributed by atoms with Crippen molar-refractivity contribution in [2.45, 2.75) is 13.5 Å². The molecule has 0 radical (unpaired) electrons. The predicted octanol–water partition coefficient (Wildman–Crippen LogP) is 3.71. The summed E-state index contributed by atoms with van der Waals surface area (Å²) >= 11 is 0. The molecule has 0 unspecified atom stereocenters. The van der Waals surface area contributed by atoms with Crippen molar-refractivity contribution in [2.24, 2.45) is 0 Å². The lowest BCUT2D eigenvalue weighted by Gasteiger charge is -2.19. The van der Waals surface area contributed by atoms with Crippen LogP contribution in [0.1, 0.15) is 22.8 Å². The SMILES string of the molecule is CCOC(=O)c1cnc(Nc2ccc3c(c2)OCCO3)nc1NOCc1ccccc1. The second-order valence-corrected chi connectivity index (χ2v) is 6.54. The van der Waals surface area contributed by atoms with Gasteiger partial charge < -0.3 is 19.5 Å².